The highest BCUT2D eigenvalue weighted by Gasteiger charge is 2.05. The summed E-state index contributed by atoms with van der Waals surface area (Å²) in [5.41, 5.74) is 7.29. The van der Waals surface area contributed by atoms with Crippen molar-refractivity contribution in [2.24, 2.45) is 5.73 Å². The Morgan fingerprint density at radius 1 is 1.06 bits per heavy atom. The van der Waals surface area contributed by atoms with Crippen LogP contribution in [0.5, 0.6) is 5.75 Å². The van der Waals surface area contributed by atoms with Gasteiger partial charge >= 0.3 is 0 Å². The van der Waals surface area contributed by atoms with Gasteiger partial charge in [-0.3, -0.25) is 0 Å². The van der Waals surface area contributed by atoms with E-state index in [1.165, 1.54) is 5.56 Å². The maximum absolute atomic E-state index is 6.05. The number of hydrogen-bond donors (Lipinski definition) is 1. The fourth-order valence-corrected chi connectivity index (χ4v) is 2.11. The average molecular weight is 306 g/mol. The molecule has 0 heterocycles. The molecule has 0 aliphatic rings. The van der Waals surface area contributed by atoms with Crippen molar-refractivity contribution in [2.75, 3.05) is 6.61 Å². The van der Waals surface area contributed by atoms with E-state index in [2.05, 4.69) is 28.1 Å². The van der Waals surface area contributed by atoms with Crippen LogP contribution in [0.1, 0.15) is 5.56 Å². The minimum atomic E-state index is 0.00591. The van der Waals surface area contributed by atoms with E-state index in [9.17, 15) is 0 Å². The minimum absolute atomic E-state index is 0.00591. The molecule has 94 valence electrons. The molecule has 3 heteroatoms. The average Bonchev–Trinajstić information content (AvgIpc) is 2.38. The second-order valence-corrected chi connectivity index (χ2v) is 5.13. The number of ether oxygens (including phenoxy) is 1. The van der Waals surface area contributed by atoms with Gasteiger partial charge in [-0.1, -0.05) is 52.3 Å². The van der Waals surface area contributed by atoms with Crippen LogP contribution >= 0.6 is 15.9 Å². The zero-order valence-corrected chi connectivity index (χ0v) is 11.6. The molecular weight excluding hydrogens is 290 g/mol. The summed E-state index contributed by atoms with van der Waals surface area (Å²) in [7, 11) is 0. The zero-order chi connectivity index (χ0) is 12.8. The third-order valence-electron chi connectivity index (χ3n) is 2.60. The van der Waals surface area contributed by atoms with Gasteiger partial charge in [-0.25, -0.2) is 0 Å². The van der Waals surface area contributed by atoms with Crippen LogP contribution < -0.4 is 10.5 Å². The van der Waals surface area contributed by atoms with Crippen molar-refractivity contribution in [2.45, 2.75) is 12.5 Å². The molecule has 0 fully saturated rings. The van der Waals surface area contributed by atoms with Crippen LogP contribution in [0.4, 0.5) is 0 Å². The van der Waals surface area contributed by atoms with Gasteiger partial charge in [-0.2, -0.15) is 0 Å². The van der Waals surface area contributed by atoms with Crippen molar-refractivity contribution in [3.05, 3.63) is 64.6 Å². The van der Waals surface area contributed by atoms with Crippen LogP contribution in [0.15, 0.2) is 59.1 Å². The molecule has 2 N–H and O–H groups in total. The number of hydrogen-bond acceptors (Lipinski definition) is 2. The number of benzene rings is 2. The van der Waals surface area contributed by atoms with Crippen molar-refractivity contribution < 1.29 is 4.74 Å². The second kappa shape index (κ2) is 6.57. The first-order valence-electron chi connectivity index (χ1n) is 5.92. The highest BCUT2D eigenvalue weighted by Crippen LogP contribution is 2.17. The molecule has 0 bridgehead atoms. The molecule has 0 radical (unpaired) electrons. The quantitative estimate of drug-likeness (QED) is 0.919. The van der Waals surface area contributed by atoms with E-state index < -0.39 is 0 Å². The van der Waals surface area contributed by atoms with E-state index in [-0.39, 0.29) is 6.04 Å². The molecule has 2 aromatic carbocycles. The summed E-state index contributed by atoms with van der Waals surface area (Å²) in [6.45, 7) is 0.519. The van der Waals surface area contributed by atoms with Crippen LogP contribution in [0.3, 0.4) is 0 Å². The number of nitrogens with two attached hydrogens (primary N) is 1. The van der Waals surface area contributed by atoms with Gasteiger partial charge in [-0.05, 0) is 30.2 Å². The molecule has 0 aliphatic carbocycles. The Kier molecular flexibility index (Phi) is 4.79. The SMILES string of the molecule is NC(COc1cccc(Br)c1)Cc1ccccc1. The summed E-state index contributed by atoms with van der Waals surface area (Å²) in [6, 6.07) is 18.0. The highest BCUT2D eigenvalue weighted by molar-refractivity contribution is 9.10. The van der Waals surface area contributed by atoms with Gasteiger partial charge in [0.2, 0.25) is 0 Å². The van der Waals surface area contributed by atoms with Crippen molar-refractivity contribution >= 4 is 15.9 Å². The van der Waals surface area contributed by atoms with Crippen molar-refractivity contribution in [1.29, 1.82) is 0 Å². The van der Waals surface area contributed by atoms with Gasteiger partial charge in [0, 0.05) is 10.5 Å². The number of halogens is 1. The zero-order valence-electron chi connectivity index (χ0n) is 10.1. The minimum Gasteiger partial charge on any atom is -0.492 e. The lowest BCUT2D eigenvalue weighted by atomic mass is 10.1. The summed E-state index contributed by atoms with van der Waals surface area (Å²) in [5.74, 6) is 0.841. The largest absolute Gasteiger partial charge is 0.492 e. The normalized spacial score (nSPS) is 12.1. The molecule has 18 heavy (non-hydrogen) atoms. The molecule has 0 amide bonds. The fraction of sp³-hybridized carbons (Fsp3) is 0.200. The summed E-state index contributed by atoms with van der Waals surface area (Å²) < 4.78 is 6.68. The predicted molar refractivity (Wildman–Crippen MR) is 77.8 cm³/mol. The van der Waals surface area contributed by atoms with Gasteiger partial charge in [0.25, 0.3) is 0 Å². The topological polar surface area (TPSA) is 35.2 Å². The van der Waals surface area contributed by atoms with Crippen molar-refractivity contribution in [3.63, 3.8) is 0 Å². The van der Waals surface area contributed by atoms with E-state index in [1.807, 2.05) is 42.5 Å². The second-order valence-electron chi connectivity index (χ2n) is 4.22. The Morgan fingerprint density at radius 3 is 2.56 bits per heavy atom. The smallest absolute Gasteiger partial charge is 0.120 e. The molecule has 1 unspecified atom stereocenters. The van der Waals surface area contributed by atoms with Crippen LogP contribution in [0, 0.1) is 0 Å². The van der Waals surface area contributed by atoms with Gasteiger partial charge in [0.05, 0.1) is 0 Å². The van der Waals surface area contributed by atoms with E-state index in [4.69, 9.17) is 10.5 Å². The molecule has 0 aliphatic heterocycles. The van der Waals surface area contributed by atoms with Crippen LogP contribution in [-0.2, 0) is 6.42 Å². The van der Waals surface area contributed by atoms with Gasteiger partial charge < -0.3 is 10.5 Å². The first-order valence-corrected chi connectivity index (χ1v) is 6.71. The maximum atomic E-state index is 6.05. The van der Waals surface area contributed by atoms with Gasteiger partial charge in [0.15, 0.2) is 0 Å². The third-order valence-corrected chi connectivity index (χ3v) is 3.09. The van der Waals surface area contributed by atoms with E-state index in [0.29, 0.717) is 6.61 Å². The molecule has 0 aromatic heterocycles. The highest BCUT2D eigenvalue weighted by atomic mass is 79.9. The summed E-state index contributed by atoms with van der Waals surface area (Å²) >= 11 is 3.41. The lowest BCUT2D eigenvalue weighted by Crippen LogP contribution is -2.30. The Bertz CT molecular complexity index is 487. The van der Waals surface area contributed by atoms with Crippen molar-refractivity contribution in [3.8, 4) is 5.75 Å². The third kappa shape index (κ3) is 4.17. The van der Waals surface area contributed by atoms with Crippen molar-refractivity contribution in [1.82, 2.24) is 0 Å². The standard InChI is InChI=1S/C15H16BrNO/c16-13-7-4-8-15(10-13)18-11-14(17)9-12-5-2-1-3-6-12/h1-8,10,14H,9,11,17H2. The Labute approximate surface area is 116 Å². The maximum Gasteiger partial charge on any atom is 0.120 e. The predicted octanol–water partition coefficient (Wildman–Crippen LogP) is 3.40. The molecule has 0 saturated carbocycles. The Balaban J connectivity index is 1.83. The van der Waals surface area contributed by atoms with Crippen LogP contribution in [0.25, 0.3) is 0 Å². The first kappa shape index (κ1) is 13.1. The molecule has 1 atom stereocenters. The Hall–Kier alpha value is -1.32. The lowest BCUT2D eigenvalue weighted by Gasteiger charge is -2.13. The molecule has 0 spiro atoms. The first-order chi connectivity index (χ1) is 8.74. The van der Waals surface area contributed by atoms with Gasteiger partial charge in [-0.15, -0.1) is 0 Å². The van der Waals surface area contributed by atoms with Crippen LogP contribution in [-0.4, -0.2) is 12.6 Å². The fourth-order valence-electron chi connectivity index (χ4n) is 1.74. The molecular formula is C15H16BrNO. The van der Waals surface area contributed by atoms with E-state index in [1.54, 1.807) is 0 Å². The number of rotatable bonds is 5. The molecule has 2 nitrogen and oxygen atoms in total. The van der Waals surface area contributed by atoms with E-state index >= 15 is 0 Å². The summed E-state index contributed by atoms with van der Waals surface area (Å²) in [4.78, 5) is 0. The van der Waals surface area contributed by atoms with Gasteiger partial charge in [0.1, 0.15) is 12.4 Å². The molecule has 0 saturated heterocycles. The van der Waals surface area contributed by atoms with E-state index in [0.717, 1.165) is 16.6 Å². The summed E-state index contributed by atoms with van der Waals surface area (Å²) in [6.07, 6.45) is 0.828. The molecule has 2 aromatic rings. The molecule has 2 rings (SSSR count). The lowest BCUT2D eigenvalue weighted by molar-refractivity contribution is 0.287. The monoisotopic (exact) mass is 305 g/mol. The summed E-state index contributed by atoms with van der Waals surface area (Å²) in [5, 5.41) is 0. The van der Waals surface area contributed by atoms with Crippen LogP contribution in [0.2, 0.25) is 0 Å². The Morgan fingerprint density at radius 2 is 1.83 bits per heavy atom.